The molecular formula is C28H40N6O3Si2. The first kappa shape index (κ1) is 28.9. The minimum absolute atomic E-state index is 0.282. The van der Waals surface area contributed by atoms with E-state index in [0.717, 1.165) is 40.7 Å². The van der Waals surface area contributed by atoms with E-state index in [1.165, 1.54) is 0 Å². The van der Waals surface area contributed by atoms with Crippen molar-refractivity contribution < 1.29 is 14.3 Å². The van der Waals surface area contributed by atoms with Crippen molar-refractivity contribution >= 4 is 38.6 Å². The Morgan fingerprint density at radius 3 is 2.23 bits per heavy atom. The minimum atomic E-state index is -1.21. The van der Waals surface area contributed by atoms with Crippen molar-refractivity contribution in [1.29, 1.82) is 0 Å². The van der Waals surface area contributed by atoms with Crippen molar-refractivity contribution in [2.45, 2.75) is 64.8 Å². The lowest BCUT2D eigenvalue weighted by Gasteiger charge is -2.15. The highest BCUT2D eigenvalue weighted by atomic mass is 28.3. The molecule has 0 aliphatic rings. The van der Waals surface area contributed by atoms with Gasteiger partial charge in [0.1, 0.15) is 13.5 Å². The van der Waals surface area contributed by atoms with Gasteiger partial charge in [0.2, 0.25) is 0 Å². The van der Waals surface area contributed by atoms with Gasteiger partial charge in [-0.05, 0) is 41.9 Å². The molecule has 0 aliphatic heterocycles. The zero-order valence-corrected chi connectivity index (χ0v) is 25.9. The second-order valence-electron chi connectivity index (χ2n) is 12.2. The summed E-state index contributed by atoms with van der Waals surface area (Å²) in [7, 11) is -2.34. The molecule has 0 radical (unpaired) electrons. The van der Waals surface area contributed by atoms with Gasteiger partial charge in [-0.25, -0.2) is 9.36 Å². The molecule has 0 aliphatic carbocycles. The summed E-state index contributed by atoms with van der Waals surface area (Å²) in [5, 5.41) is 12.8. The third-order valence-electron chi connectivity index (χ3n) is 6.30. The van der Waals surface area contributed by atoms with E-state index >= 15 is 0 Å². The summed E-state index contributed by atoms with van der Waals surface area (Å²) in [6.07, 6.45) is 7.08. The summed E-state index contributed by atoms with van der Waals surface area (Å²) in [5.41, 5.74) is 3.75. The smallest absolute Gasteiger partial charge is 0.276 e. The topological polar surface area (TPSA) is 96.1 Å². The fourth-order valence-corrected chi connectivity index (χ4v) is 5.41. The maximum Gasteiger partial charge on any atom is 0.276 e. The van der Waals surface area contributed by atoms with Gasteiger partial charge in [-0.2, -0.15) is 10.2 Å². The fourth-order valence-electron chi connectivity index (χ4n) is 3.90. The van der Waals surface area contributed by atoms with Crippen molar-refractivity contribution in [3.8, 4) is 11.1 Å². The Morgan fingerprint density at radius 1 is 0.897 bits per heavy atom. The van der Waals surface area contributed by atoms with E-state index in [-0.39, 0.29) is 12.6 Å². The van der Waals surface area contributed by atoms with Crippen molar-refractivity contribution in [3.05, 3.63) is 60.8 Å². The summed E-state index contributed by atoms with van der Waals surface area (Å²) >= 11 is 0. The van der Waals surface area contributed by atoms with E-state index in [4.69, 9.17) is 9.47 Å². The molecule has 39 heavy (non-hydrogen) atoms. The second-order valence-corrected chi connectivity index (χ2v) is 23.5. The van der Waals surface area contributed by atoms with Crippen LogP contribution < -0.4 is 5.32 Å². The number of ether oxygens (including phenoxy) is 2. The molecule has 9 nitrogen and oxygen atoms in total. The highest BCUT2D eigenvalue weighted by molar-refractivity contribution is 6.76. The van der Waals surface area contributed by atoms with Crippen LogP contribution >= 0.6 is 0 Å². The predicted octanol–water partition coefficient (Wildman–Crippen LogP) is 6.17. The Balaban J connectivity index is 1.56. The number of fused-ring (bicyclic) bond motifs is 1. The Kier molecular flexibility index (Phi) is 9.16. The Labute approximate surface area is 232 Å². The van der Waals surface area contributed by atoms with Gasteiger partial charge in [-0.15, -0.1) is 0 Å². The van der Waals surface area contributed by atoms with Gasteiger partial charge in [0.25, 0.3) is 5.91 Å². The number of amides is 1. The van der Waals surface area contributed by atoms with Crippen LogP contribution in [0.1, 0.15) is 10.5 Å². The molecule has 1 N–H and O–H groups in total. The molecular weight excluding hydrogens is 525 g/mol. The molecule has 11 heteroatoms. The Hall–Kier alpha value is -3.13. The average Bonchev–Trinajstić information content (AvgIpc) is 3.49. The summed E-state index contributed by atoms with van der Waals surface area (Å²) in [6.45, 7) is 16.1. The number of carbonyl (C=O) groups excluding carboxylic acids is 1. The third kappa shape index (κ3) is 8.43. The van der Waals surface area contributed by atoms with E-state index in [1.54, 1.807) is 33.9 Å². The quantitative estimate of drug-likeness (QED) is 0.154. The molecule has 0 spiro atoms. The standard InChI is InChI=1S/C28H40N6O3Si2/c1-38(2,3)15-13-36-20-33-19-23(18-30-33)22-7-8-26-25(17-22)27(28(35)31-24-9-11-29-12-10-24)32-34(26)21-37-14-16-39(4,5)6/h7-12,17-19H,13-16,20-21H2,1-6H3,(H,29,31,35). The number of nitrogens with zero attached hydrogens (tertiary/aromatic N) is 5. The molecule has 1 amide bonds. The number of rotatable bonds is 13. The lowest BCUT2D eigenvalue weighted by atomic mass is 10.1. The number of hydrogen-bond acceptors (Lipinski definition) is 6. The molecule has 0 unspecified atom stereocenters. The van der Waals surface area contributed by atoms with Crippen molar-refractivity contribution in [2.75, 3.05) is 18.5 Å². The van der Waals surface area contributed by atoms with E-state index in [1.807, 2.05) is 30.6 Å². The molecule has 0 fully saturated rings. The van der Waals surface area contributed by atoms with E-state index in [9.17, 15) is 4.79 Å². The summed E-state index contributed by atoms with van der Waals surface area (Å²) in [6, 6.07) is 11.7. The van der Waals surface area contributed by atoms with Gasteiger partial charge in [0.05, 0.1) is 11.7 Å². The van der Waals surface area contributed by atoms with Gasteiger partial charge in [-0.1, -0.05) is 45.3 Å². The Morgan fingerprint density at radius 2 is 1.56 bits per heavy atom. The highest BCUT2D eigenvalue weighted by Gasteiger charge is 2.20. The minimum Gasteiger partial charge on any atom is -0.360 e. The monoisotopic (exact) mass is 564 g/mol. The van der Waals surface area contributed by atoms with Crippen molar-refractivity contribution in [1.82, 2.24) is 24.5 Å². The van der Waals surface area contributed by atoms with Gasteiger partial charge in [0, 0.05) is 64.6 Å². The van der Waals surface area contributed by atoms with Crippen LogP contribution in [0.4, 0.5) is 5.69 Å². The van der Waals surface area contributed by atoms with Crippen LogP contribution in [0.15, 0.2) is 55.1 Å². The maximum absolute atomic E-state index is 13.3. The average molecular weight is 565 g/mol. The van der Waals surface area contributed by atoms with Crippen LogP contribution in [0.2, 0.25) is 51.4 Å². The zero-order valence-electron chi connectivity index (χ0n) is 23.9. The number of pyridine rings is 1. The predicted molar refractivity (Wildman–Crippen MR) is 161 cm³/mol. The van der Waals surface area contributed by atoms with Crippen LogP contribution in [0.3, 0.4) is 0 Å². The molecule has 1 aromatic carbocycles. The van der Waals surface area contributed by atoms with Crippen LogP contribution in [0.5, 0.6) is 0 Å². The lowest BCUT2D eigenvalue weighted by Crippen LogP contribution is -2.22. The van der Waals surface area contributed by atoms with E-state index in [0.29, 0.717) is 24.7 Å². The molecule has 0 saturated heterocycles. The molecule has 0 atom stereocenters. The van der Waals surface area contributed by atoms with Crippen LogP contribution in [0, 0.1) is 0 Å². The first-order valence-corrected chi connectivity index (χ1v) is 20.8. The normalized spacial score (nSPS) is 12.3. The molecule has 0 saturated carbocycles. The molecule has 4 aromatic rings. The van der Waals surface area contributed by atoms with E-state index < -0.39 is 16.1 Å². The molecule has 208 valence electrons. The second kappa shape index (κ2) is 12.4. The molecule has 4 rings (SSSR count). The van der Waals surface area contributed by atoms with Gasteiger partial charge >= 0.3 is 0 Å². The summed E-state index contributed by atoms with van der Waals surface area (Å²) in [5.74, 6) is -0.282. The first-order valence-electron chi connectivity index (χ1n) is 13.4. The van der Waals surface area contributed by atoms with Crippen molar-refractivity contribution in [3.63, 3.8) is 0 Å². The fraction of sp³-hybridized carbons (Fsp3) is 0.429. The van der Waals surface area contributed by atoms with Crippen LogP contribution in [0.25, 0.3) is 22.0 Å². The van der Waals surface area contributed by atoms with Gasteiger partial charge in [0.15, 0.2) is 5.69 Å². The number of aromatic nitrogens is 5. The van der Waals surface area contributed by atoms with Crippen LogP contribution in [-0.4, -0.2) is 59.8 Å². The van der Waals surface area contributed by atoms with E-state index in [2.05, 4.69) is 59.8 Å². The van der Waals surface area contributed by atoms with Crippen LogP contribution in [-0.2, 0) is 22.9 Å². The molecule has 3 heterocycles. The number of anilines is 1. The van der Waals surface area contributed by atoms with Gasteiger partial charge < -0.3 is 14.8 Å². The largest absolute Gasteiger partial charge is 0.360 e. The molecule has 3 aromatic heterocycles. The highest BCUT2D eigenvalue weighted by Crippen LogP contribution is 2.27. The number of hydrogen-bond donors (Lipinski definition) is 1. The maximum atomic E-state index is 13.3. The zero-order chi connectivity index (χ0) is 28.0. The number of nitrogens with one attached hydrogen (secondary N) is 1. The van der Waals surface area contributed by atoms with Gasteiger partial charge in [-0.3, -0.25) is 9.78 Å². The number of carbonyl (C=O) groups is 1. The summed E-state index contributed by atoms with van der Waals surface area (Å²) in [4.78, 5) is 17.3. The number of benzene rings is 1. The van der Waals surface area contributed by atoms with Crippen molar-refractivity contribution in [2.24, 2.45) is 0 Å². The SMILES string of the molecule is C[Si](C)(C)CCOCn1cc(-c2ccc3c(c2)c(C(=O)Nc2ccncc2)nn3COCC[Si](C)(C)C)cn1. The third-order valence-corrected chi connectivity index (χ3v) is 9.71. The lowest BCUT2D eigenvalue weighted by molar-refractivity contribution is 0.0786. The first-order chi connectivity index (χ1) is 18.5. The Bertz CT molecular complexity index is 1390. The molecule has 0 bridgehead atoms. The summed E-state index contributed by atoms with van der Waals surface area (Å²) < 4.78 is 15.4.